The fourth-order valence-corrected chi connectivity index (χ4v) is 6.35. The molecule has 30 heavy (non-hydrogen) atoms. The van der Waals surface area contributed by atoms with Crippen LogP contribution in [0.25, 0.3) is 0 Å². The number of carbonyl (C=O) groups excluding carboxylic acids is 1. The maximum absolute atomic E-state index is 12.6. The van der Waals surface area contributed by atoms with Gasteiger partial charge in [-0.15, -0.1) is 0 Å². The molecule has 0 bridgehead atoms. The minimum atomic E-state index is -2.19. The summed E-state index contributed by atoms with van der Waals surface area (Å²) in [5.74, 6) is 0.628. The van der Waals surface area contributed by atoms with Gasteiger partial charge >= 0.3 is 5.97 Å². The van der Waals surface area contributed by atoms with Crippen molar-refractivity contribution in [2.24, 2.45) is 0 Å². The number of hydrogen-bond donors (Lipinski definition) is 0. The van der Waals surface area contributed by atoms with Gasteiger partial charge in [0.15, 0.2) is 0 Å². The number of benzene rings is 3. The van der Waals surface area contributed by atoms with Crippen molar-refractivity contribution >= 4 is 16.3 Å². The minimum Gasteiger partial charge on any atom is -0.494 e. The average Bonchev–Trinajstić information content (AvgIpc) is 2.82. The van der Waals surface area contributed by atoms with Gasteiger partial charge in [0.25, 0.3) is 0 Å². The Morgan fingerprint density at radius 1 is 0.733 bits per heavy atom. The van der Waals surface area contributed by atoms with Crippen LogP contribution in [0.15, 0.2) is 99.6 Å². The molecule has 0 unspecified atom stereocenters. The fourth-order valence-electron chi connectivity index (χ4n) is 3.24. The molecule has 0 fully saturated rings. The van der Waals surface area contributed by atoms with E-state index in [1.54, 1.807) is 0 Å². The van der Waals surface area contributed by atoms with E-state index in [-0.39, 0.29) is 5.97 Å². The first-order valence-corrected chi connectivity index (χ1v) is 12.1. The molecule has 0 aliphatic carbocycles. The first-order valence-electron chi connectivity index (χ1n) is 10.6. The Morgan fingerprint density at radius 3 is 1.77 bits per heavy atom. The third kappa shape index (κ3) is 5.06. The van der Waals surface area contributed by atoms with Crippen LogP contribution in [0.5, 0.6) is 5.75 Å². The molecular formula is C26H30O3S. The summed E-state index contributed by atoms with van der Waals surface area (Å²) in [6, 6.07) is 28.1. The fraction of sp³-hybridized carbons (Fsp3) is 0.269. The van der Waals surface area contributed by atoms with Gasteiger partial charge in [0.2, 0.25) is 0 Å². The zero-order chi connectivity index (χ0) is 21.2. The lowest BCUT2D eigenvalue weighted by Gasteiger charge is -2.39. The van der Waals surface area contributed by atoms with Crippen molar-refractivity contribution in [1.29, 1.82) is 0 Å². The maximum Gasteiger partial charge on any atom is 0.316 e. The lowest BCUT2D eigenvalue weighted by molar-refractivity contribution is -0.133. The number of carbonyl (C=O) groups is 1. The van der Waals surface area contributed by atoms with Crippen molar-refractivity contribution in [2.75, 3.05) is 6.61 Å². The second-order valence-corrected chi connectivity index (χ2v) is 9.71. The predicted octanol–water partition coefficient (Wildman–Crippen LogP) is 7.41. The molecule has 0 radical (unpaired) electrons. The molecule has 0 heterocycles. The van der Waals surface area contributed by atoms with Crippen molar-refractivity contribution in [1.82, 2.24) is 0 Å². The predicted molar refractivity (Wildman–Crippen MR) is 123 cm³/mol. The normalized spacial score (nSPS) is 11.7. The molecule has 0 saturated carbocycles. The summed E-state index contributed by atoms with van der Waals surface area (Å²) in [6.07, 6.45) is 3.72. The summed E-state index contributed by atoms with van der Waals surface area (Å²) >= 11 is 0. The van der Waals surface area contributed by atoms with Gasteiger partial charge in [-0.05, 0) is 65.3 Å². The van der Waals surface area contributed by atoms with Crippen molar-refractivity contribution in [3.63, 3.8) is 0 Å². The third-order valence-corrected chi connectivity index (χ3v) is 8.07. The second-order valence-electron chi connectivity index (χ2n) is 7.02. The average molecular weight is 423 g/mol. The van der Waals surface area contributed by atoms with Gasteiger partial charge < -0.3 is 8.92 Å². The van der Waals surface area contributed by atoms with E-state index >= 15 is 0 Å². The van der Waals surface area contributed by atoms with Crippen LogP contribution in [-0.2, 0) is 8.98 Å². The summed E-state index contributed by atoms with van der Waals surface area (Å²) in [7, 11) is -2.19. The molecule has 3 nitrogen and oxygen atoms in total. The highest BCUT2D eigenvalue weighted by molar-refractivity contribution is 8.30. The molecule has 0 atom stereocenters. The topological polar surface area (TPSA) is 35.5 Å². The van der Waals surface area contributed by atoms with Crippen LogP contribution in [-0.4, -0.2) is 12.6 Å². The number of rotatable bonds is 10. The van der Waals surface area contributed by atoms with Crippen LogP contribution in [0, 0.1) is 0 Å². The van der Waals surface area contributed by atoms with Gasteiger partial charge in [-0.2, -0.15) is 0 Å². The highest BCUT2D eigenvalue weighted by atomic mass is 32.3. The summed E-state index contributed by atoms with van der Waals surface area (Å²) < 4.78 is 12.2. The third-order valence-electron chi connectivity index (χ3n) is 4.83. The quantitative estimate of drug-likeness (QED) is 0.319. The second kappa shape index (κ2) is 10.9. The Balaban J connectivity index is 2.05. The highest BCUT2D eigenvalue weighted by Crippen LogP contribution is 2.69. The minimum absolute atomic E-state index is 0.211. The standard InChI is InChI=1S/C26H30O3S/c1-3-5-12-21-28-22-17-19-25(20-18-22)30(29-26(27)4-2,23-13-8-6-9-14-23)24-15-10-7-11-16-24/h6-11,13-20H,3-5,12,21H2,1-2H3. The maximum atomic E-state index is 12.6. The first kappa shape index (κ1) is 22.0. The SMILES string of the molecule is CCCCCOc1ccc(S(OC(=O)CC)(c2ccccc2)c2ccccc2)cc1. The molecule has 0 saturated heterocycles. The molecular weight excluding hydrogens is 392 g/mol. The zero-order valence-corrected chi connectivity index (χ0v) is 18.6. The molecule has 0 aliphatic heterocycles. The molecule has 3 aromatic rings. The van der Waals surface area contributed by atoms with Gasteiger partial charge in [0.05, 0.1) is 6.61 Å². The van der Waals surface area contributed by atoms with E-state index < -0.39 is 10.3 Å². The molecule has 158 valence electrons. The summed E-state index contributed by atoms with van der Waals surface area (Å²) in [4.78, 5) is 15.6. The lowest BCUT2D eigenvalue weighted by Crippen LogP contribution is -2.13. The first-order chi connectivity index (χ1) is 14.7. The van der Waals surface area contributed by atoms with E-state index in [1.165, 1.54) is 12.8 Å². The number of hydrogen-bond acceptors (Lipinski definition) is 3. The van der Waals surface area contributed by atoms with E-state index in [0.717, 1.165) is 26.9 Å². The van der Waals surface area contributed by atoms with Gasteiger partial charge in [0, 0.05) is 21.1 Å². The van der Waals surface area contributed by atoms with Crippen molar-refractivity contribution in [3.8, 4) is 5.75 Å². The van der Waals surface area contributed by atoms with E-state index in [4.69, 9.17) is 8.92 Å². The van der Waals surface area contributed by atoms with E-state index in [2.05, 4.69) is 6.92 Å². The van der Waals surface area contributed by atoms with Crippen LogP contribution in [0.4, 0.5) is 0 Å². The largest absolute Gasteiger partial charge is 0.494 e. The molecule has 3 aromatic carbocycles. The van der Waals surface area contributed by atoms with Crippen LogP contribution in [0.1, 0.15) is 39.5 Å². The Kier molecular flexibility index (Phi) is 7.97. The van der Waals surface area contributed by atoms with Crippen molar-refractivity contribution in [2.45, 2.75) is 54.2 Å². The lowest BCUT2D eigenvalue weighted by atomic mass is 10.3. The van der Waals surface area contributed by atoms with Crippen LogP contribution in [0.3, 0.4) is 0 Å². The zero-order valence-electron chi connectivity index (χ0n) is 17.8. The summed E-state index contributed by atoms with van der Waals surface area (Å²) in [5.41, 5.74) is 0. The summed E-state index contributed by atoms with van der Waals surface area (Å²) in [5, 5.41) is 0. The van der Waals surface area contributed by atoms with Gasteiger partial charge in [-0.25, -0.2) is 0 Å². The van der Waals surface area contributed by atoms with Gasteiger partial charge in [-0.1, -0.05) is 63.1 Å². The Morgan fingerprint density at radius 2 is 1.27 bits per heavy atom. The Bertz CT molecular complexity index is 869. The van der Waals surface area contributed by atoms with Crippen LogP contribution >= 0.6 is 10.3 Å². The van der Waals surface area contributed by atoms with Crippen LogP contribution in [0.2, 0.25) is 0 Å². The molecule has 3 rings (SSSR count). The van der Waals surface area contributed by atoms with Gasteiger partial charge in [0.1, 0.15) is 5.75 Å². The molecule has 4 heteroatoms. The van der Waals surface area contributed by atoms with Crippen molar-refractivity contribution in [3.05, 3.63) is 84.9 Å². The van der Waals surface area contributed by atoms with E-state index in [1.807, 2.05) is 91.9 Å². The van der Waals surface area contributed by atoms with E-state index in [9.17, 15) is 4.79 Å². The van der Waals surface area contributed by atoms with Gasteiger partial charge in [-0.3, -0.25) is 4.79 Å². The molecule has 0 aliphatic rings. The highest BCUT2D eigenvalue weighted by Gasteiger charge is 2.35. The molecule has 0 aromatic heterocycles. The smallest absolute Gasteiger partial charge is 0.316 e. The number of unbranched alkanes of at least 4 members (excludes halogenated alkanes) is 2. The van der Waals surface area contributed by atoms with Crippen LogP contribution < -0.4 is 4.74 Å². The monoisotopic (exact) mass is 422 g/mol. The number of ether oxygens (including phenoxy) is 1. The Labute approximate surface area is 181 Å². The Hall–Kier alpha value is -2.72. The summed E-state index contributed by atoms with van der Waals surface area (Å²) in [6.45, 7) is 4.73. The molecule has 0 N–H and O–H groups in total. The van der Waals surface area contributed by atoms with Crippen molar-refractivity contribution < 1.29 is 13.7 Å². The molecule has 0 spiro atoms. The van der Waals surface area contributed by atoms with E-state index in [0.29, 0.717) is 13.0 Å². The molecule has 0 amide bonds.